The maximum Gasteiger partial charge on any atom is 0.240 e. The van der Waals surface area contributed by atoms with Gasteiger partial charge < -0.3 is 19.7 Å². The summed E-state index contributed by atoms with van der Waals surface area (Å²) in [7, 11) is -3.81. The second kappa shape index (κ2) is 6.18. The lowest BCUT2D eigenvalue weighted by Crippen LogP contribution is -2.43. The van der Waals surface area contributed by atoms with Gasteiger partial charge in [-0.3, -0.25) is 0 Å². The zero-order valence-electron chi connectivity index (χ0n) is 11.7. The molecule has 0 fully saturated rings. The highest BCUT2D eigenvalue weighted by atomic mass is 32.2. The first kappa shape index (κ1) is 16.0. The van der Waals surface area contributed by atoms with Gasteiger partial charge in [-0.1, -0.05) is 0 Å². The number of aliphatic hydroxyl groups excluding tert-OH is 1. The van der Waals surface area contributed by atoms with E-state index in [1.807, 2.05) is 0 Å². The first-order valence-corrected chi connectivity index (χ1v) is 8.05. The fraction of sp³-hybridized carbons (Fsp3) is 0.538. The molecule has 1 aliphatic rings. The minimum atomic E-state index is -3.81. The van der Waals surface area contributed by atoms with E-state index in [-0.39, 0.29) is 11.4 Å². The fourth-order valence-corrected chi connectivity index (χ4v) is 2.88. The molecule has 1 aromatic carbocycles. The molecule has 2 rings (SSSR count). The van der Waals surface area contributed by atoms with Crippen LogP contribution in [0.2, 0.25) is 0 Å². The van der Waals surface area contributed by atoms with Crippen LogP contribution in [0.1, 0.15) is 13.3 Å². The molecule has 0 amide bonds. The van der Waals surface area contributed by atoms with Crippen LogP contribution in [0.15, 0.2) is 23.1 Å². The van der Waals surface area contributed by atoms with E-state index in [9.17, 15) is 13.5 Å². The molecule has 118 valence electrons. The van der Waals surface area contributed by atoms with E-state index in [1.165, 1.54) is 19.1 Å². The van der Waals surface area contributed by atoms with Crippen molar-refractivity contribution < 1.29 is 28.1 Å². The topological polar surface area (TPSA) is 105 Å². The predicted octanol–water partition coefficient (Wildman–Crippen LogP) is -0.130. The van der Waals surface area contributed by atoms with Crippen molar-refractivity contribution in [2.75, 3.05) is 26.4 Å². The Bertz CT molecular complexity index is 599. The summed E-state index contributed by atoms with van der Waals surface area (Å²) < 4.78 is 37.5. The molecule has 7 nitrogen and oxygen atoms in total. The van der Waals surface area contributed by atoms with E-state index in [0.29, 0.717) is 24.7 Å². The van der Waals surface area contributed by atoms with Crippen LogP contribution in [-0.2, 0) is 10.0 Å². The van der Waals surface area contributed by atoms with Gasteiger partial charge in [0.1, 0.15) is 0 Å². The van der Waals surface area contributed by atoms with E-state index in [4.69, 9.17) is 14.6 Å². The second-order valence-corrected chi connectivity index (χ2v) is 6.91. The van der Waals surface area contributed by atoms with E-state index in [1.54, 1.807) is 6.07 Å². The summed E-state index contributed by atoms with van der Waals surface area (Å²) >= 11 is 0. The molecule has 0 bridgehead atoms. The summed E-state index contributed by atoms with van der Waals surface area (Å²) in [6, 6.07) is 4.33. The highest BCUT2D eigenvalue weighted by molar-refractivity contribution is 7.89. The number of aliphatic hydroxyl groups is 2. The molecule has 1 aliphatic heterocycles. The Morgan fingerprint density at radius 1 is 1.29 bits per heavy atom. The SMILES string of the molecule is CC(O)(CO)CNS(=O)(=O)c1ccc2c(c1)OCCCO2. The van der Waals surface area contributed by atoms with Crippen LogP contribution in [0.3, 0.4) is 0 Å². The van der Waals surface area contributed by atoms with Crippen LogP contribution in [0.25, 0.3) is 0 Å². The van der Waals surface area contributed by atoms with E-state index >= 15 is 0 Å². The van der Waals surface area contributed by atoms with Gasteiger partial charge in [0.15, 0.2) is 11.5 Å². The molecule has 1 unspecified atom stereocenters. The van der Waals surface area contributed by atoms with Gasteiger partial charge in [-0.25, -0.2) is 13.1 Å². The Balaban J connectivity index is 2.19. The third kappa shape index (κ3) is 4.07. The third-order valence-electron chi connectivity index (χ3n) is 3.01. The molecule has 0 aliphatic carbocycles. The molecule has 0 saturated carbocycles. The normalized spacial score (nSPS) is 17.9. The number of benzene rings is 1. The number of fused-ring (bicyclic) bond motifs is 1. The van der Waals surface area contributed by atoms with E-state index < -0.39 is 22.2 Å². The first-order valence-electron chi connectivity index (χ1n) is 6.57. The van der Waals surface area contributed by atoms with Gasteiger partial charge in [0.2, 0.25) is 10.0 Å². The van der Waals surface area contributed by atoms with Crippen LogP contribution in [0, 0.1) is 0 Å². The monoisotopic (exact) mass is 317 g/mol. The molecule has 0 saturated heterocycles. The molecular weight excluding hydrogens is 298 g/mol. The average molecular weight is 317 g/mol. The molecular formula is C13H19NO6S. The molecule has 1 heterocycles. The molecule has 0 spiro atoms. The molecule has 21 heavy (non-hydrogen) atoms. The molecule has 3 N–H and O–H groups in total. The van der Waals surface area contributed by atoms with Crippen molar-refractivity contribution in [3.05, 3.63) is 18.2 Å². The smallest absolute Gasteiger partial charge is 0.240 e. The Labute approximate surface area is 123 Å². The van der Waals surface area contributed by atoms with Crippen molar-refractivity contribution >= 4 is 10.0 Å². The van der Waals surface area contributed by atoms with Crippen LogP contribution in [0.5, 0.6) is 11.5 Å². The quantitative estimate of drug-likeness (QED) is 0.699. The zero-order valence-corrected chi connectivity index (χ0v) is 12.5. The number of rotatable bonds is 5. The first-order chi connectivity index (χ1) is 9.84. The van der Waals surface area contributed by atoms with Crippen molar-refractivity contribution in [1.29, 1.82) is 0 Å². The number of ether oxygens (including phenoxy) is 2. The Morgan fingerprint density at radius 2 is 1.95 bits per heavy atom. The highest BCUT2D eigenvalue weighted by Crippen LogP contribution is 2.31. The molecule has 0 radical (unpaired) electrons. The van der Waals surface area contributed by atoms with Gasteiger partial charge >= 0.3 is 0 Å². The lowest BCUT2D eigenvalue weighted by molar-refractivity contribution is 0.00681. The number of hydrogen-bond donors (Lipinski definition) is 3. The maximum atomic E-state index is 12.2. The summed E-state index contributed by atoms with van der Waals surface area (Å²) in [5, 5.41) is 18.6. The summed E-state index contributed by atoms with van der Waals surface area (Å²) in [5.74, 6) is 0.887. The predicted molar refractivity (Wildman–Crippen MR) is 74.9 cm³/mol. The Morgan fingerprint density at radius 3 is 2.62 bits per heavy atom. The number of sulfonamides is 1. The fourth-order valence-electron chi connectivity index (χ4n) is 1.70. The van der Waals surface area contributed by atoms with Crippen LogP contribution in [-0.4, -0.2) is 50.6 Å². The van der Waals surface area contributed by atoms with Crippen LogP contribution < -0.4 is 14.2 Å². The minimum absolute atomic E-state index is 0.0143. The van der Waals surface area contributed by atoms with Crippen LogP contribution in [0.4, 0.5) is 0 Å². The standard InChI is InChI=1S/C13H19NO6S/c1-13(16,9-15)8-14-21(17,18)10-3-4-11-12(7-10)20-6-2-5-19-11/h3-4,7,14-16H,2,5-6,8-9H2,1H3. The lowest BCUT2D eigenvalue weighted by atomic mass is 10.1. The summed E-state index contributed by atoms with van der Waals surface area (Å²) in [5.41, 5.74) is -1.52. The summed E-state index contributed by atoms with van der Waals surface area (Å²) in [6.07, 6.45) is 0.731. The van der Waals surface area contributed by atoms with E-state index in [0.717, 1.165) is 6.42 Å². The molecule has 0 aromatic heterocycles. The van der Waals surface area contributed by atoms with Gasteiger partial charge in [-0.05, 0) is 19.1 Å². The maximum absolute atomic E-state index is 12.2. The molecule has 1 atom stereocenters. The van der Waals surface area contributed by atoms with Gasteiger partial charge in [0, 0.05) is 19.0 Å². The van der Waals surface area contributed by atoms with Gasteiger partial charge in [-0.2, -0.15) is 0 Å². The molecule has 8 heteroatoms. The second-order valence-electron chi connectivity index (χ2n) is 5.14. The van der Waals surface area contributed by atoms with E-state index in [2.05, 4.69) is 4.72 Å². The van der Waals surface area contributed by atoms with Crippen molar-refractivity contribution in [1.82, 2.24) is 4.72 Å². The molecule has 1 aromatic rings. The highest BCUT2D eigenvalue weighted by Gasteiger charge is 2.24. The number of nitrogens with one attached hydrogen (secondary N) is 1. The van der Waals surface area contributed by atoms with Gasteiger partial charge in [0.25, 0.3) is 0 Å². The van der Waals surface area contributed by atoms with Crippen molar-refractivity contribution in [2.24, 2.45) is 0 Å². The van der Waals surface area contributed by atoms with Crippen molar-refractivity contribution in [3.8, 4) is 11.5 Å². The zero-order chi connectivity index (χ0) is 15.5. The largest absolute Gasteiger partial charge is 0.490 e. The van der Waals surface area contributed by atoms with Gasteiger partial charge in [0.05, 0.1) is 30.3 Å². The summed E-state index contributed by atoms with van der Waals surface area (Å²) in [4.78, 5) is 0.0143. The average Bonchev–Trinajstić information content (AvgIpc) is 2.70. The Hall–Kier alpha value is -1.35. The van der Waals surface area contributed by atoms with Crippen LogP contribution >= 0.6 is 0 Å². The Kier molecular flexibility index (Phi) is 4.72. The van der Waals surface area contributed by atoms with Crippen molar-refractivity contribution in [3.63, 3.8) is 0 Å². The van der Waals surface area contributed by atoms with Gasteiger partial charge in [-0.15, -0.1) is 0 Å². The minimum Gasteiger partial charge on any atom is -0.490 e. The third-order valence-corrected chi connectivity index (χ3v) is 4.41. The summed E-state index contributed by atoms with van der Waals surface area (Å²) in [6.45, 7) is 1.49. The number of hydrogen-bond acceptors (Lipinski definition) is 6. The van der Waals surface area contributed by atoms with Crippen molar-refractivity contribution in [2.45, 2.75) is 23.8 Å². The lowest BCUT2D eigenvalue weighted by Gasteiger charge is -2.20.